The summed E-state index contributed by atoms with van der Waals surface area (Å²) in [5, 5.41) is 8.71. The molecule has 0 atom stereocenters. The molecule has 0 spiro atoms. The van der Waals surface area contributed by atoms with E-state index in [2.05, 4.69) is 18.8 Å². The molecule has 1 aromatic carbocycles. The van der Waals surface area contributed by atoms with Gasteiger partial charge in [0, 0.05) is 13.0 Å². The van der Waals surface area contributed by atoms with Gasteiger partial charge in [-0.3, -0.25) is 0 Å². The van der Waals surface area contributed by atoms with E-state index in [9.17, 15) is 0 Å². The highest BCUT2D eigenvalue weighted by Gasteiger charge is 2.02. The van der Waals surface area contributed by atoms with Gasteiger partial charge in [-0.1, -0.05) is 24.8 Å². The molecule has 0 bridgehead atoms. The van der Waals surface area contributed by atoms with Crippen LogP contribution in [-0.4, -0.2) is 25.4 Å². The number of ether oxygens (including phenoxy) is 2. The highest BCUT2D eigenvalue weighted by Crippen LogP contribution is 2.19. The summed E-state index contributed by atoms with van der Waals surface area (Å²) >= 11 is 0. The van der Waals surface area contributed by atoms with E-state index in [1.807, 2.05) is 18.2 Å². The fourth-order valence-corrected chi connectivity index (χ4v) is 1.49. The molecular formula is C15H20O3. The van der Waals surface area contributed by atoms with Crippen LogP contribution in [0.5, 0.6) is 5.75 Å². The Morgan fingerprint density at radius 3 is 2.83 bits per heavy atom. The van der Waals surface area contributed by atoms with Crippen molar-refractivity contribution in [3.05, 3.63) is 29.3 Å². The van der Waals surface area contributed by atoms with Crippen LogP contribution in [0.2, 0.25) is 0 Å². The maximum absolute atomic E-state index is 8.71. The Kier molecular flexibility index (Phi) is 6.93. The molecule has 0 aliphatic carbocycles. The average Bonchev–Trinajstić information content (AvgIpc) is 2.40. The maximum atomic E-state index is 8.71. The van der Waals surface area contributed by atoms with Crippen LogP contribution in [0.3, 0.4) is 0 Å². The molecular weight excluding hydrogens is 228 g/mol. The van der Waals surface area contributed by atoms with Crippen LogP contribution in [0.25, 0.3) is 0 Å². The van der Waals surface area contributed by atoms with Crippen molar-refractivity contribution in [3.63, 3.8) is 0 Å². The largest absolute Gasteiger partial charge is 0.495 e. The summed E-state index contributed by atoms with van der Waals surface area (Å²) in [5.41, 5.74) is 1.92. The summed E-state index contributed by atoms with van der Waals surface area (Å²) in [4.78, 5) is 0. The lowest BCUT2D eigenvalue weighted by Crippen LogP contribution is -1.96. The van der Waals surface area contributed by atoms with Crippen LogP contribution in [0, 0.1) is 11.8 Å². The molecule has 0 aliphatic heterocycles. The first-order valence-corrected chi connectivity index (χ1v) is 6.16. The lowest BCUT2D eigenvalue weighted by Gasteiger charge is -2.07. The van der Waals surface area contributed by atoms with Gasteiger partial charge in [0.25, 0.3) is 0 Å². The molecule has 3 heteroatoms. The van der Waals surface area contributed by atoms with Crippen LogP contribution in [0.1, 0.15) is 30.9 Å². The van der Waals surface area contributed by atoms with Crippen LogP contribution >= 0.6 is 0 Å². The van der Waals surface area contributed by atoms with Crippen molar-refractivity contribution in [2.24, 2.45) is 0 Å². The number of hydrogen-bond donors (Lipinski definition) is 1. The van der Waals surface area contributed by atoms with Gasteiger partial charge in [-0.2, -0.15) is 0 Å². The number of benzene rings is 1. The summed E-state index contributed by atoms with van der Waals surface area (Å²) in [6, 6.07) is 5.85. The third-order valence-electron chi connectivity index (χ3n) is 2.34. The van der Waals surface area contributed by atoms with Crippen molar-refractivity contribution in [1.82, 2.24) is 0 Å². The Morgan fingerprint density at radius 1 is 1.33 bits per heavy atom. The molecule has 0 fully saturated rings. The van der Waals surface area contributed by atoms with Gasteiger partial charge in [0.2, 0.25) is 0 Å². The van der Waals surface area contributed by atoms with E-state index < -0.39 is 0 Å². The Hall–Kier alpha value is -1.50. The van der Waals surface area contributed by atoms with Gasteiger partial charge in [-0.05, 0) is 24.1 Å². The van der Waals surface area contributed by atoms with Gasteiger partial charge in [0.05, 0.1) is 25.9 Å². The van der Waals surface area contributed by atoms with E-state index in [0.29, 0.717) is 13.0 Å². The van der Waals surface area contributed by atoms with Gasteiger partial charge in [-0.25, -0.2) is 0 Å². The van der Waals surface area contributed by atoms with Gasteiger partial charge in [0.15, 0.2) is 0 Å². The Bertz CT molecular complexity index is 415. The lowest BCUT2D eigenvalue weighted by molar-refractivity contribution is 0.121. The summed E-state index contributed by atoms with van der Waals surface area (Å²) in [5.74, 6) is 6.65. The number of rotatable bonds is 6. The number of aliphatic hydroxyl groups is 1. The van der Waals surface area contributed by atoms with Crippen molar-refractivity contribution in [2.75, 3.05) is 20.3 Å². The van der Waals surface area contributed by atoms with Gasteiger partial charge >= 0.3 is 0 Å². The molecule has 1 N–H and O–H groups in total. The van der Waals surface area contributed by atoms with Crippen LogP contribution < -0.4 is 4.74 Å². The van der Waals surface area contributed by atoms with Crippen molar-refractivity contribution < 1.29 is 14.6 Å². The summed E-state index contributed by atoms with van der Waals surface area (Å²) in [6.45, 7) is 3.51. The second-order valence-electron chi connectivity index (χ2n) is 3.86. The second kappa shape index (κ2) is 8.57. The second-order valence-corrected chi connectivity index (χ2v) is 3.86. The maximum Gasteiger partial charge on any atom is 0.134 e. The van der Waals surface area contributed by atoms with Gasteiger partial charge in [0.1, 0.15) is 5.75 Å². The highest BCUT2D eigenvalue weighted by atomic mass is 16.5. The van der Waals surface area contributed by atoms with Crippen molar-refractivity contribution in [1.29, 1.82) is 0 Å². The molecule has 3 nitrogen and oxygen atoms in total. The zero-order chi connectivity index (χ0) is 13.2. The molecule has 98 valence electrons. The zero-order valence-electron chi connectivity index (χ0n) is 11.0. The van der Waals surface area contributed by atoms with Gasteiger partial charge in [-0.15, -0.1) is 0 Å². The van der Waals surface area contributed by atoms with Crippen molar-refractivity contribution in [2.45, 2.75) is 26.4 Å². The molecule has 0 aliphatic rings. The fourth-order valence-electron chi connectivity index (χ4n) is 1.49. The Morgan fingerprint density at radius 2 is 2.17 bits per heavy atom. The van der Waals surface area contributed by atoms with Crippen LogP contribution in [0.4, 0.5) is 0 Å². The molecule has 0 amide bonds. The summed E-state index contributed by atoms with van der Waals surface area (Å²) in [6.07, 6.45) is 1.49. The molecule has 0 saturated heterocycles. The molecule has 0 heterocycles. The first kappa shape index (κ1) is 14.6. The van der Waals surface area contributed by atoms with E-state index in [1.54, 1.807) is 7.11 Å². The minimum Gasteiger partial charge on any atom is -0.495 e. The van der Waals surface area contributed by atoms with E-state index in [4.69, 9.17) is 14.6 Å². The standard InChI is InChI=1S/C15H20O3/c1-3-10-18-12-13-7-8-15(17-2)14(11-13)6-4-5-9-16/h7-8,11,16H,3,5,9-10,12H2,1-2H3. The third-order valence-corrected chi connectivity index (χ3v) is 2.34. The SMILES string of the molecule is CCCOCc1ccc(OC)c(C#CCCO)c1. The minimum absolute atomic E-state index is 0.0780. The summed E-state index contributed by atoms with van der Waals surface area (Å²) < 4.78 is 10.7. The fraction of sp³-hybridized carbons (Fsp3) is 0.467. The predicted molar refractivity (Wildman–Crippen MR) is 71.5 cm³/mol. The highest BCUT2D eigenvalue weighted by molar-refractivity contribution is 5.48. The van der Waals surface area contributed by atoms with Crippen molar-refractivity contribution in [3.8, 4) is 17.6 Å². The molecule has 0 unspecified atom stereocenters. The van der Waals surface area contributed by atoms with E-state index in [0.717, 1.165) is 29.9 Å². The van der Waals surface area contributed by atoms with Gasteiger partial charge < -0.3 is 14.6 Å². The average molecular weight is 248 g/mol. The van der Waals surface area contributed by atoms with Crippen LogP contribution in [-0.2, 0) is 11.3 Å². The minimum atomic E-state index is 0.0780. The Balaban J connectivity index is 2.78. The van der Waals surface area contributed by atoms with E-state index in [-0.39, 0.29) is 6.61 Å². The quantitative estimate of drug-likeness (QED) is 0.620. The molecule has 18 heavy (non-hydrogen) atoms. The molecule has 1 aromatic rings. The molecule has 0 aromatic heterocycles. The number of hydrogen-bond acceptors (Lipinski definition) is 3. The van der Waals surface area contributed by atoms with E-state index in [1.165, 1.54) is 0 Å². The molecule has 0 saturated carbocycles. The topological polar surface area (TPSA) is 38.7 Å². The first-order chi connectivity index (χ1) is 8.81. The predicted octanol–water partition coefficient (Wildman–Crippen LogP) is 2.36. The third kappa shape index (κ3) is 4.79. The summed E-state index contributed by atoms with van der Waals surface area (Å²) in [7, 11) is 1.62. The molecule has 1 rings (SSSR count). The lowest BCUT2D eigenvalue weighted by atomic mass is 10.1. The molecule has 0 radical (unpaired) electrons. The normalized spacial score (nSPS) is 9.72. The van der Waals surface area contributed by atoms with Crippen LogP contribution in [0.15, 0.2) is 18.2 Å². The first-order valence-electron chi connectivity index (χ1n) is 6.16. The van der Waals surface area contributed by atoms with Crippen molar-refractivity contribution >= 4 is 0 Å². The monoisotopic (exact) mass is 248 g/mol. The van der Waals surface area contributed by atoms with E-state index >= 15 is 0 Å². The Labute approximate surface area is 109 Å². The number of methoxy groups -OCH3 is 1. The zero-order valence-corrected chi connectivity index (χ0v) is 11.0. The number of aliphatic hydroxyl groups excluding tert-OH is 1. The smallest absolute Gasteiger partial charge is 0.134 e.